The van der Waals surface area contributed by atoms with Crippen LogP contribution in [-0.2, 0) is 4.79 Å². The Bertz CT molecular complexity index is 267. The van der Waals surface area contributed by atoms with Crippen LogP contribution >= 0.6 is 11.8 Å². The van der Waals surface area contributed by atoms with Gasteiger partial charge in [-0.1, -0.05) is 18.7 Å². The molecule has 1 aliphatic heterocycles. The summed E-state index contributed by atoms with van der Waals surface area (Å²) in [5.74, 6) is 1.66. The van der Waals surface area contributed by atoms with Crippen LogP contribution in [0.3, 0.4) is 0 Å². The molecule has 0 aromatic rings. The Morgan fingerprint density at radius 1 is 1.60 bits per heavy atom. The van der Waals surface area contributed by atoms with E-state index in [1.165, 1.54) is 0 Å². The third-order valence-electron chi connectivity index (χ3n) is 2.61. The van der Waals surface area contributed by atoms with Gasteiger partial charge < -0.3 is 10.6 Å². The molecule has 1 aliphatic rings. The molecule has 0 spiro atoms. The minimum Gasteiger partial charge on any atom is -0.357 e. The van der Waals surface area contributed by atoms with Gasteiger partial charge in [-0.15, -0.1) is 0 Å². The Balaban J connectivity index is 2.52. The van der Waals surface area contributed by atoms with Crippen LogP contribution in [0.1, 0.15) is 20.8 Å². The van der Waals surface area contributed by atoms with E-state index < -0.39 is 0 Å². The van der Waals surface area contributed by atoms with Crippen molar-refractivity contribution in [2.45, 2.75) is 32.9 Å². The number of amidine groups is 1. The molecule has 0 aromatic carbocycles. The van der Waals surface area contributed by atoms with Crippen LogP contribution in [0.5, 0.6) is 0 Å². The molecule has 2 N–H and O–H groups in total. The van der Waals surface area contributed by atoms with Crippen molar-refractivity contribution in [3.63, 3.8) is 0 Å². The molecule has 1 amide bonds. The summed E-state index contributed by atoms with van der Waals surface area (Å²) in [7, 11) is 1.64. The van der Waals surface area contributed by atoms with E-state index in [1.807, 2.05) is 6.92 Å². The average Bonchev–Trinajstić information content (AvgIpc) is 2.22. The maximum atomic E-state index is 11.3. The molecule has 0 aromatic heterocycles. The largest absolute Gasteiger partial charge is 0.357 e. The Kier molecular flexibility index (Phi) is 4.45. The SMILES string of the molecule is CNC(=O)C(C)NC1=NC(C)C(C)CS1. The molecular weight excluding hydrogens is 210 g/mol. The third kappa shape index (κ3) is 3.41. The fourth-order valence-corrected chi connectivity index (χ4v) is 2.45. The van der Waals surface area contributed by atoms with Gasteiger partial charge in [-0.2, -0.15) is 0 Å². The summed E-state index contributed by atoms with van der Waals surface area (Å²) in [6.07, 6.45) is 0. The molecule has 3 unspecified atom stereocenters. The zero-order chi connectivity index (χ0) is 11.4. The zero-order valence-corrected chi connectivity index (χ0v) is 10.5. The quantitative estimate of drug-likeness (QED) is 0.737. The van der Waals surface area contributed by atoms with Crippen molar-refractivity contribution < 1.29 is 4.79 Å². The number of thioether (sulfide) groups is 1. The number of amides is 1. The predicted octanol–water partition coefficient (Wildman–Crippen LogP) is 0.838. The van der Waals surface area contributed by atoms with Crippen LogP contribution in [0.15, 0.2) is 4.99 Å². The lowest BCUT2D eigenvalue weighted by atomic mass is 10.1. The van der Waals surface area contributed by atoms with Crippen molar-refractivity contribution in [1.82, 2.24) is 10.6 Å². The molecular formula is C10H19N3OS. The topological polar surface area (TPSA) is 53.5 Å². The smallest absolute Gasteiger partial charge is 0.242 e. The molecule has 0 aliphatic carbocycles. The Hall–Kier alpha value is -0.710. The average molecular weight is 229 g/mol. The Labute approximate surface area is 95.3 Å². The predicted molar refractivity (Wildman–Crippen MR) is 65.2 cm³/mol. The zero-order valence-electron chi connectivity index (χ0n) is 9.70. The highest BCUT2D eigenvalue weighted by molar-refractivity contribution is 8.13. The van der Waals surface area contributed by atoms with Crippen molar-refractivity contribution in [1.29, 1.82) is 0 Å². The number of hydrogen-bond acceptors (Lipinski definition) is 4. The molecule has 0 saturated carbocycles. The van der Waals surface area contributed by atoms with Crippen LogP contribution in [0.2, 0.25) is 0 Å². The number of likely N-dealkylation sites (N-methyl/N-ethyl adjacent to an activating group) is 1. The van der Waals surface area contributed by atoms with E-state index in [9.17, 15) is 4.79 Å². The van der Waals surface area contributed by atoms with Gasteiger partial charge >= 0.3 is 0 Å². The van der Waals surface area contributed by atoms with Crippen molar-refractivity contribution >= 4 is 22.8 Å². The molecule has 0 saturated heterocycles. The van der Waals surface area contributed by atoms with E-state index in [1.54, 1.807) is 18.8 Å². The lowest BCUT2D eigenvalue weighted by Crippen LogP contribution is -2.44. The first-order chi connectivity index (χ1) is 7.04. The van der Waals surface area contributed by atoms with E-state index >= 15 is 0 Å². The second kappa shape index (κ2) is 5.39. The second-order valence-corrected chi connectivity index (χ2v) is 4.95. The number of nitrogens with one attached hydrogen (secondary N) is 2. The fourth-order valence-electron chi connectivity index (χ4n) is 1.25. The van der Waals surface area contributed by atoms with Gasteiger partial charge in [-0.05, 0) is 19.8 Å². The summed E-state index contributed by atoms with van der Waals surface area (Å²) in [4.78, 5) is 15.8. The molecule has 1 rings (SSSR count). The standard InChI is InChI=1S/C10H19N3OS/c1-6-5-15-10(12-7(6)2)13-8(3)9(14)11-4/h6-8H,5H2,1-4H3,(H,11,14)(H,12,13). The van der Waals surface area contributed by atoms with Crippen LogP contribution in [0.4, 0.5) is 0 Å². The summed E-state index contributed by atoms with van der Waals surface area (Å²) < 4.78 is 0. The minimum atomic E-state index is -0.221. The lowest BCUT2D eigenvalue weighted by Gasteiger charge is -2.25. The van der Waals surface area contributed by atoms with Crippen molar-refractivity contribution in [2.75, 3.05) is 12.8 Å². The van der Waals surface area contributed by atoms with Crippen molar-refractivity contribution in [3.8, 4) is 0 Å². The number of aliphatic imine (C=N–C) groups is 1. The van der Waals surface area contributed by atoms with Gasteiger partial charge in [-0.25, -0.2) is 0 Å². The normalized spacial score (nSPS) is 27.9. The lowest BCUT2D eigenvalue weighted by molar-refractivity contribution is -0.121. The van der Waals surface area contributed by atoms with Crippen LogP contribution in [-0.4, -0.2) is 36.0 Å². The van der Waals surface area contributed by atoms with Gasteiger partial charge in [0.15, 0.2) is 5.17 Å². The van der Waals surface area contributed by atoms with E-state index in [0.29, 0.717) is 12.0 Å². The molecule has 1 heterocycles. The maximum absolute atomic E-state index is 11.3. The van der Waals surface area contributed by atoms with Gasteiger partial charge in [0.05, 0.1) is 6.04 Å². The highest BCUT2D eigenvalue weighted by Gasteiger charge is 2.21. The van der Waals surface area contributed by atoms with Crippen LogP contribution in [0, 0.1) is 5.92 Å². The Morgan fingerprint density at radius 2 is 2.27 bits per heavy atom. The van der Waals surface area contributed by atoms with E-state index in [-0.39, 0.29) is 11.9 Å². The maximum Gasteiger partial charge on any atom is 0.242 e. The van der Waals surface area contributed by atoms with Crippen molar-refractivity contribution in [3.05, 3.63) is 0 Å². The van der Waals surface area contributed by atoms with E-state index in [0.717, 1.165) is 10.9 Å². The molecule has 86 valence electrons. The first-order valence-corrected chi connectivity index (χ1v) is 6.22. The highest BCUT2D eigenvalue weighted by Crippen LogP contribution is 2.21. The van der Waals surface area contributed by atoms with E-state index in [4.69, 9.17) is 0 Å². The number of hydrogen-bond donors (Lipinski definition) is 2. The van der Waals surface area contributed by atoms with Gasteiger partial charge in [0.2, 0.25) is 5.91 Å². The minimum absolute atomic E-state index is 0.00965. The number of carbonyl (C=O) groups excluding carboxylic acids is 1. The van der Waals surface area contributed by atoms with Gasteiger partial charge in [0.1, 0.15) is 6.04 Å². The summed E-state index contributed by atoms with van der Waals surface area (Å²) in [6, 6.07) is 0.118. The number of nitrogens with zero attached hydrogens (tertiary/aromatic N) is 1. The molecule has 0 fully saturated rings. The summed E-state index contributed by atoms with van der Waals surface area (Å²) in [5.41, 5.74) is 0. The summed E-state index contributed by atoms with van der Waals surface area (Å²) in [5, 5.41) is 6.62. The highest BCUT2D eigenvalue weighted by atomic mass is 32.2. The van der Waals surface area contributed by atoms with Gasteiger partial charge in [-0.3, -0.25) is 9.79 Å². The van der Waals surface area contributed by atoms with Gasteiger partial charge in [0.25, 0.3) is 0 Å². The molecule has 4 nitrogen and oxygen atoms in total. The van der Waals surface area contributed by atoms with E-state index in [2.05, 4.69) is 29.5 Å². The number of rotatable bonds is 2. The molecule has 0 radical (unpaired) electrons. The first-order valence-electron chi connectivity index (χ1n) is 5.23. The molecule has 3 atom stereocenters. The van der Waals surface area contributed by atoms with Crippen molar-refractivity contribution in [2.24, 2.45) is 10.9 Å². The summed E-state index contributed by atoms with van der Waals surface area (Å²) >= 11 is 1.69. The third-order valence-corrected chi connectivity index (χ3v) is 3.80. The molecule has 15 heavy (non-hydrogen) atoms. The Morgan fingerprint density at radius 3 is 2.80 bits per heavy atom. The number of carbonyl (C=O) groups is 1. The summed E-state index contributed by atoms with van der Waals surface area (Å²) in [6.45, 7) is 6.14. The molecule has 0 bridgehead atoms. The van der Waals surface area contributed by atoms with Crippen LogP contribution in [0.25, 0.3) is 0 Å². The van der Waals surface area contributed by atoms with Gasteiger partial charge in [0, 0.05) is 12.8 Å². The van der Waals surface area contributed by atoms with Crippen LogP contribution < -0.4 is 10.6 Å². The second-order valence-electron chi connectivity index (χ2n) is 3.94. The fraction of sp³-hybridized carbons (Fsp3) is 0.800. The molecule has 5 heteroatoms. The monoisotopic (exact) mass is 229 g/mol. The first kappa shape index (κ1) is 12.4.